The summed E-state index contributed by atoms with van der Waals surface area (Å²) in [7, 11) is 0. The highest BCUT2D eigenvalue weighted by molar-refractivity contribution is 5.78. The number of carbonyl (C=O) groups is 2. The third-order valence-corrected chi connectivity index (χ3v) is 3.04. The first kappa shape index (κ1) is 14.5. The van der Waals surface area contributed by atoms with Crippen LogP contribution < -0.4 is 5.32 Å². The minimum Gasteiger partial charge on any atom is -0.352 e. The van der Waals surface area contributed by atoms with Gasteiger partial charge in [0.05, 0.1) is 6.07 Å². The number of likely N-dealkylation sites (tertiary alicyclic amines) is 1. The van der Waals surface area contributed by atoms with Crippen LogP contribution in [0.1, 0.15) is 39.5 Å². The first-order valence-electron chi connectivity index (χ1n) is 6.47. The standard InChI is InChI=1S/C13H21N3O2/c1-10(2)9-13(18)16-7-4-11(5-8-16)15-12(17)3-6-14/h10-11H,3-5,7-9H2,1-2H3,(H,15,17). The average Bonchev–Trinajstić information content (AvgIpc) is 2.29. The zero-order valence-electron chi connectivity index (χ0n) is 11.1. The molecule has 2 amide bonds. The zero-order chi connectivity index (χ0) is 13.5. The van der Waals surface area contributed by atoms with Crippen LogP contribution >= 0.6 is 0 Å². The summed E-state index contributed by atoms with van der Waals surface area (Å²) < 4.78 is 0. The van der Waals surface area contributed by atoms with E-state index in [1.165, 1.54) is 0 Å². The normalized spacial score (nSPS) is 16.4. The molecule has 18 heavy (non-hydrogen) atoms. The quantitative estimate of drug-likeness (QED) is 0.811. The van der Waals surface area contributed by atoms with E-state index in [0.717, 1.165) is 12.8 Å². The van der Waals surface area contributed by atoms with Gasteiger partial charge in [-0.05, 0) is 18.8 Å². The molecule has 0 aliphatic carbocycles. The molecule has 0 unspecified atom stereocenters. The van der Waals surface area contributed by atoms with Crippen LogP contribution in [0.3, 0.4) is 0 Å². The van der Waals surface area contributed by atoms with Gasteiger partial charge >= 0.3 is 0 Å². The fourth-order valence-corrected chi connectivity index (χ4v) is 2.10. The molecule has 0 atom stereocenters. The Morgan fingerprint density at radius 1 is 1.39 bits per heavy atom. The highest BCUT2D eigenvalue weighted by atomic mass is 16.2. The summed E-state index contributed by atoms with van der Waals surface area (Å²) in [4.78, 5) is 25.0. The number of carbonyl (C=O) groups excluding carboxylic acids is 2. The van der Waals surface area contributed by atoms with Crippen molar-refractivity contribution in [1.82, 2.24) is 10.2 Å². The number of nitriles is 1. The molecular weight excluding hydrogens is 230 g/mol. The third kappa shape index (κ3) is 4.74. The molecular formula is C13H21N3O2. The molecule has 1 N–H and O–H groups in total. The largest absolute Gasteiger partial charge is 0.352 e. The van der Waals surface area contributed by atoms with Gasteiger partial charge in [0.15, 0.2) is 0 Å². The number of hydrogen-bond acceptors (Lipinski definition) is 3. The molecule has 0 aromatic carbocycles. The first-order valence-corrected chi connectivity index (χ1v) is 6.47. The molecule has 0 saturated carbocycles. The van der Waals surface area contributed by atoms with Crippen LogP contribution in [0.4, 0.5) is 0 Å². The average molecular weight is 251 g/mol. The molecule has 1 aliphatic rings. The monoisotopic (exact) mass is 251 g/mol. The molecule has 1 rings (SSSR count). The van der Waals surface area contributed by atoms with Crippen molar-refractivity contribution >= 4 is 11.8 Å². The minimum atomic E-state index is -0.218. The van der Waals surface area contributed by atoms with E-state index in [1.54, 1.807) is 0 Å². The van der Waals surface area contributed by atoms with Gasteiger partial charge in [-0.3, -0.25) is 9.59 Å². The number of rotatable bonds is 4. The summed E-state index contributed by atoms with van der Waals surface area (Å²) in [5.41, 5.74) is 0. The van der Waals surface area contributed by atoms with E-state index in [0.29, 0.717) is 25.4 Å². The van der Waals surface area contributed by atoms with Gasteiger partial charge in [0.1, 0.15) is 6.42 Å². The van der Waals surface area contributed by atoms with E-state index < -0.39 is 0 Å². The van der Waals surface area contributed by atoms with E-state index in [2.05, 4.69) is 5.32 Å². The molecule has 1 fully saturated rings. The van der Waals surface area contributed by atoms with Gasteiger partial charge < -0.3 is 10.2 Å². The van der Waals surface area contributed by atoms with E-state index in [-0.39, 0.29) is 24.3 Å². The lowest BCUT2D eigenvalue weighted by atomic mass is 10.0. The van der Waals surface area contributed by atoms with Gasteiger partial charge in [0, 0.05) is 25.6 Å². The van der Waals surface area contributed by atoms with Gasteiger partial charge in [0.25, 0.3) is 0 Å². The van der Waals surface area contributed by atoms with Crippen molar-refractivity contribution in [2.75, 3.05) is 13.1 Å². The number of hydrogen-bond donors (Lipinski definition) is 1. The second-order valence-corrected chi connectivity index (χ2v) is 5.16. The van der Waals surface area contributed by atoms with E-state index in [9.17, 15) is 9.59 Å². The summed E-state index contributed by atoms with van der Waals surface area (Å²) >= 11 is 0. The van der Waals surface area contributed by atoms with Gasteiger partial charge in [-0.2, -0.15) is 5.26 Å². The van der Waals surface area contributed by atoms with Crippen LogP contribution in [0.25, 0.3) is 0 Å². The SMILES string of the molecule is CC(C)CC(=O)N1CCC(NC(=O)CC#N)CC1. The maximum atomic E-state index is 11.8. The molecule has 0 bridgehead atoms. The van der Waals surface area contributed by atoms with E-state index in [4.69, 9.17) is 5.26 Å². The Bertz CT molecular complexity index is 339. The van der Waals surface area contributed by atoms with Crippen LogP contribution in [0.5, 0.6) is 0 Å². The Kier molecular flexibility index (Phi) is 5.63. The fourth-order valence-electron chi connectivity index (χ4n) is 2.10. The van der Waals surface area contributed by atoms with Crippen LogP contribution in [0.2, 0.25) is 0 Å². The lowest BCUT2D eigenvalue weighted by Crippen LogP contribution is -2.46. The zero-order valence-corrected chi connectivity index (χ0v) is 11.1. The molecule has 1 aliphatic heterocycles. The van der Waals surface area contributed by atoms with Gasteiger partial charge in [-0.25, -0.2) is 0 Å². The Morgan fingerprint density at radius 3 is 2.50 bits per heavy atom. The Hall–Kier alpha value is -1.57. The Balaban J connectivity index is 2.30. The highest BCUT2D eigenvalue weighted by Crippen LogP contribution is 2.13. The molecule has 0 aromatic rings. The number of piperidine rings is 1. The maximum absolute atomic E-state index is 11.8. The lowest BCUT2D eigenvalue weighted by molar-refractivity contribution is -0.133. The predicted molar refractivity (Wildman–Crippen MR) is 67.4 cm³/mol. The fraction of sp³-hybridized carbons (Fsp3) is 0.769. The van der Waals surface area contributed by atoms with Crippen molar-refractivity contribution in [3.05, 3.63) is 0 Å². The van der Waals surface area contributed by atoms with E-state index >= 15 is 0 Å². The third-order valence-electron chi connectivity index (χ3n) is 3.04. The molecule has 1 saturated heterocycles. The molecule has 100 valence electrons. The molecule has 0 radical (unpaired) electrons. The highest BCUT2D eigenvalue weighted by Gasteiger charge is 2.23. The summed E-state index contributed by atoms with van der Waals surface area (Å²) in [6.07, 6.45) is 2.06. The molecule has 1 heterocycles. The lowest BCUT2D eigenvalue weighted by Gasteiger charge is -2.32. The number of amides is 2. The van der Waals surface area contributed by atoms with E-state index in [1.807, 2.05) is 24.8 Å². The topological polar surface area (TPSA) is 73.2 Å². The minimum absolute atomic E-state index is 0.0908. The second kappa shape index (κ2) is 7.00. The van der Waals surface area contributed by atoms with Crippen LogP contribution in [0, 0.1) is 17.2 Å². The van der Waals surface area contributed by atoms with Gasteiger partial charge in [-0.1, -0.05) is 13.8 Å². The first-order chi connectivity index (χ1) is 8.52. The van der Waals surface area contributed by atoms with Crippen molar-refractivity contribution in [3.8, 4) is 6.07 Å². The van der Waals surface area contributed by atoms with Gasteiger partial charge in [-0.15, -0.1) is 0 Å². The van der Waals surface area contributed by atoms with Crippen molar-refractivity contribution in [2.24, 2.45) is 5.92 Å². The smallest absolute Gasteiger partial charge is 0.234 e. The summed E-state index contributed by atoms with van der Waals surface area (Å²) in [5, 5.41) is 11.2. The molecule has 5 nitrogen and oxygen atoms in total. The second-order valence-electron chi connectivity index (χ2n) is 5.16. The van der Waals surface area contributed by atoms with Gasteiger partial charge in [0.2, 0.25) is 11.8 Å². The van der Waals surface area contributed by atoms with Crippen molar-refractivity contribution in [1.29, 1.82) is 5.26 Å². The van der Waals surface area contributed by atoms with Crippen molar-refractivity contribution in [2.45, 2.75) is 45.6 Å². The van der Waals surface area contributed by atoms with Crippen molar-refractivity contribution < 1.29 is 9.59 Å². The number of nitrogens with one attached hydrogen (secondary N) is 1. The van der Waals surface area contributed by atoms with Crippen LogP contribution in [0.15, 0.2) is 0 Å². The van der Waals surface area contributed by atoms with Crippen LogP contribution in [-0.4, -0.2) is 35.8 Å². The van der Waals surface area contributed by atoms with Crippen LogP contribution in [-0.2, 0) is 9.59 Å². The Morgan fingerprint density at radius 2 is 2.00 bits per heavy atom. The van der Waals surface area contributed by atoms with Crippen molar-refractivity contribution in [3.63, 3.8) is 0 Å². The molecule has 0 spiro atoms. The summed E-state index contributed by atoms with van der Waals surface area (Å²) in [5.74, 6) is 0.363. The Labute approximate surface area is 108 Å². The maximum Gasteiger partial charge on any atom is 0.234 e. The predicted octanol–water partition coefficient (Wildman–Crippen LogP) is 1.05. The summed E-state index contributed by atoms with van der Waals surface area (Å²) in [6, 6.07) is 1.93. The number of nitrogens with zero attached hydrogens (tertiary/aromatic N) is 2. The summed E-state index contributed by atoms with van der Waals surface area (Å²) in [6.45, 7) is 5.46. The molecule has 0 aromatic heterocycles. The molecule has 5 heteroatoms.